The minimum Gasteiger partial charge on any atom is -0.467 e. The number of carbonyl (C=O) groups is 1. The van der Waals surface area contributed by atoms with Gasteiger partial charge in [0.1, 0.15) is 5.76 Å². The highest BCUT2D eigenvalue weighted by molar-refractivity contribution is 5.94. The van der Waals surface area contributed by atoms with Crippen molar-refractivity contribution in [3.8, 4) is 0 Å². The van der Waals surface area contributed by atoms with Gasteiger partial charge in [-0.3, -0.25) is 9.89 Å². The molecule has 2 aromatic heterocycles. The summed E-state index contributed by atoms with van der Waals surface area (Å²) in [5.74, 6) is 0.845. The SMILES string of the molecule is O=C(c1n[nH]c2c1COCC2)N1CCCCCC1c1ccco1. The lowest BCUT2D eigenvalue weighted by molar-refractivity contribution is 0.0641. The first kappa shape index (κ1) is 14.5. The molecule has 1 saturated heterocycles. The van der Waals surface area contributed by atoms with Crippen LogP contribution in [0.3, 0.4) is 0 Å². The molecule has 122 valence electrons. The molecule has 2 aliphatic rings. The molecule has 0 aliphatic carbocycles. The summed E-state index contributed by atoms with van der Waals surface area (Å²) < 4.78 is 11.1. The zero-order chi connectivity index (χ0) is 15.6. The highest BCUT2D eigenvalue weighted by Gasteiger charge is 2.33. The number of furan rings is 1. The molecule has 1 amide bonds. The lowest BCUT2D eigenvalue weighted by Crippen LogP contribution is -2.35. The Labute approximate surface area is 134 Å². The number of aromatic nitrogens is 2. The maximum absolute atomic E-state index is 13.1. The summed E-state index contributed by atoms with van der Waals surface area (Å²) in [7, 11) is 0. The van der Waals surface area contributed by atoms with Crippen LogP contribution >= 0.6 is 0 Å². The molecular formula is C17H21N3O3. The van der Waals surface area contributed by atoms with Gasteiger partial charge in [0.2, 0.25) is 0 Å². The summed E-state index contributed by atoms with van der Waals surface area (Å²) in [5.41, 5.74) is 2.46. The second-order valence-corrected chi connectivity index (χ2v) is 6.21. The molecule has 0 bridgehead atoms. The third-order valence-electron chi connectivity index (χ3n) is 4.78. The van der Waals surface area contributed by atoms with Gasteiger partial charge in [-0.1, -0.05) is 12.8 Å². The van der Waals surface area contributed by atoms with Crippen LogP contribution in [0, 0.1) is 0 Å². The average Bonchev–Trinajstić information content (AvgIpc) is 3.19. The van der Waals surface area contributed by atoms with E-state index in [1.165, 1.54) is 0 Å². The van der Waals surface area contributed by atoms with E-state index >= 15 is 0 Å². The van der Waals surface area contributed by atoms with Crippen molar-refractivity contribution in [2.75, 3.05) is 13.2 Å². The van der Waals surface area contributed by atoms with Crippen LogP contribution in [0.25, 0.3) is 0 Å². The van der Waals surface area contributed by atoms with Crippen LogP contribution in [0.2, 0.25) is 0 Å². The first-order valence-electron chi connectivity index (χ1n) is 8.33. The maximum Gasteiger partial charge on any atom is 0.275 e. The first-order chi connectivity index (χ1) is 11.3. The molecular weight excluding hydrogens is 294 g/mol. The normalized spacial score (nSPS) is 21.7. The number of amides is 1. The van der Waals surface area contributed by atoms with E-state index in [2.05, 4.69) is 10.2 Å². The van der Waals surface area contributed by atoms with Crippen molar-refractivity contribution in [1.29, 1.82) is 0 Å². The Balaban J connectivity index is 1.66. The van der Waals surface area contributed by atoms with Crippen molar-refractivity contribution in [3.05, 3.63) is 41.1 Å². The molecule has 0 spiro atoms. The molecule has 1 unspecified atom stereocenters. The number of aromatic amines is 1. The van der Waals surface area contributed by atoms with Gasteiger partial charge >= 0.3 is 0 Å². The minimum atomic E-state index is -0.0173. The molecule has 4 rings (SSSR count). The van der Waals surface area contributed by atoms with Crippen molar-refractivity contribution < 1.29 is 13.9 Å². The van der Waals surface area contributed by atoms with Crippen LogP contribution in [0.4, 0.5) is 0 Å². The fraction of sp³-hybridized carbons (Fsp3) is 0.529. The van der Waals surface area contributed by atoms with Gasteiger partial charge < -0.3 is 14.1 Å². The summed E-state index contributed by atoms with van der Waals surface area (Å²) in [6, 6.07) is 3.84. The predicted molar refractivity (Wildman–Crippen MR) is 82.9 cm³/mol. The maximum atomic E-state index is 13.1. The van der Waals surface area contributed by atoms with Crippen molar-refractivity contribution in [2.45, 2.75) is 44.8 Å². The van der Waals surface area contributed by atoms with E-state index in [1.807, 2.05) is 17.0 Å². The number of fused-ring (bicyclic) bond motifs is 1. The summed E-state index contributed by atoms with van der Waals surface area (Å²) in [5, 5.41) is 7.30. The number of rotatable bonds is 2. The fourth-order valence-corrected chi connectivity index (χ4v) is 3.55. The second-order valence-electron chi connectivity index (χ2n) is 6.21. The van der Waals surface area contributed by atoms with Crippen molar-refractivity contribution in [2.24, 2.45) is 0 Å². The van der Waals surface area contributed by atoms with Crippen molar-refractivity contribution >= 4 is 5.91 Å². The lowest BCUT2D eigenvalue weighted by atomic mass is 10.1. The topological polar surface area (TPSA) is 71.4 Å². The van der Waals surface area contributed by atoms with Crippen LogP contribution in [0.15, 0.2) is 22.8 Å². The van der Waals surface area contributed by atoms with Crippen LogP contribution in [0.1, 0.15) is 59.2 Å². The van der Waals surface area contributed by atoms with E-state index in [-0.39, 0.29) is 11.9 Å². The molecule has 2 aliphatic heterocycles. The van der Waals surface area contributed by atoms with E-state index in [1.54, 1.807) is 6.26 Å². The summed E-state index contributed by atoms with van der Waals surface area (Å²) in [6.07, 6.45) is 6.67. The van der Waals surface area contributed by atoms with E-state index in [0.717, 1.165) is 55.7 Å². The van der Waals surface area contributed by atoms with Gasteiger partial charge in [-0.15, -0.1) is 0 Å². The van der Waals surface area contributed by atoms with E-state index in [4.69, 9.17) is 9.15 Å². The summed E-state index contributed by atoms with van der Waals surface area (Å²) >= 11 is 0. The Bertz CT molecular complexity index is 677. The molecule has 6 heteroatoms. The Morgan fingerprint density at radius 1 is 1.35 bits per heavy atom. The first-order valence-corrected chi connectivity index (χ1v) is 8.33. The zero-order valence-corrected chi connectivity index (χ0v) is 13.1. The fourth-order valence-electron chi connectivity index (χ4n) is 3.55. The molecule has 0 radical (unpaired) electrons. The van der Waals surface area contributed by atoms with Crippen LogP contribution in [-0.4, -0.2) is 34.2 Å². The quantitative estimate of drug-likeness (QED) is 0.925. The molecule has 1 atom stereocenters. The van der Waals surface area contributed by atoms with Gasteiger partial charge in [0, 0.05) is 24.2 Å². The van der Waals surface area contributed by atoms with Crippen LogP contribution in [-0.2, 0) is 17.8 Å². The molecule has 1 N–H and O–H groups in total. The highest BCUT2D eigenvalue weighted by atomic mass is 16.5. The van der Waals surface area contributed by atoms with Gasteiger partial charge in [-0.25, -0.2) is 0 Å². The monoisotopic (exact) mass is 315 g/mol. The second kappa shape index (κ2) is 6.20. The standard InChI is InChI=1S/C17H21N3O3/c21-17(16-12-11-22-10-7-13(12)18-19-16)20-8-3-1-2-5-14(20)15-6-4-9-23-15/h4,6,9,14H,1-3,5,7-8,10-11H2,(H,18,19). The molecule has 2 aromatic rings. The Morgan fingerprint density at radius 2 is 2.30 bits per heavy atom. The molecule has 4 heterocycles. The number of nitrogens with one attached hydrogen (secondary N) is 1. The third kappa shape index (κ3) is 2.67. The van der Waals surface area contributed by atoms with E-state index in [9.17, 15) is 4.79 Å². The van der Waals surface area contributed by atoms with Crippen LogP contribution < -0.4 is 0 Å². The number of H-pyrrole nitrogens is 1. The Kier molecular flexibility index (Phi) is 3.91. The van der Waals surface area contributed by atoms with E-state index < -0.39 is 0 Å². The van der Waals surface area contributed by atoms with Gasteiger partial charge in [0.05, 0.1) is 25.5 Å². The van der Waals surface area contributed by atoms with Gasteiger partial charge in [0.15, 0.2) is 5.69 Å². The average molecular weight is 315 g/mol. The molecule has 0 aromatic carbocycles. The molecule has 6 nitrogen and oxygen atoms in total. The largest absolute Gasteiger partial charge is 0.467 e. The van der Waals surface area contributed by atoms with Gasteiger partial charge in [0.25, 0.3) is 5.91 Å². The number of hydrogen-bond donors (Lipinski definition) is 1. The Morgan fingerprint density at radius 3 is 3.17 bits per heavy atom. The predicted octanol–water partition coefficient (Wildman–Crippen LogP) is 2.83. The van der Waals surface area contributed by atoms with Crippen molar-refractivity contribution in [3.63, 3.8) is 0 Å². The number of likely N-dealkylation sites (tertiary alicyclic amines) is 1. The Hall–Kier alpha value is -2.08. The number of ether oxygens (including phenoxy) is 1. The highest BCUT2D eigenvalue weighted by Crippen LogP contribution is 2.32. The van der Waals surface area contributed by atoms with E-state index in [0.29, 0.717) is 18.9 Å². The molecule has 0 saturated carbocycles. The lowest BCUT2D eigenvalue weighted by Gasteiger charge is -2.28. The molecule has 23 heavy (non-hydrogen) atoms. The van der Waals surface area contributed by atoms with Crippen LogP contribution in [0.5, 0.6) is 0 Å². The van der Waals surface area contributed by atoms with Crippen molar-refractivity contribution in [1.82, 2.24) is 15.1 Å². The molecule has 1 fully saturated rings. The summed E-state index contributed by atoms with van der Waals surface area (Å²) in [6.45, 7) is 1.89. The zero-order valence-electron chi connectivity index (χ0n) is 13.1. The number of nitrogens with zero attached hydrogens (tertiary/aromatic N) is 2. The smallest absolute Gasteiger partial charge is 0.275 e. The van der Waals surface area contributed by atoms with Gasteiger partial charge in [-0.2, -0.15) is 5.10 Å². The minimum absolute atomic E-state index is 0.00291. The number of hydrogen-bond acceptors (Lipinski definition) is 4. The third-order valence-corrected chi connectivity index (χ3v) is 4.78. The van der Waals surface area contributed by atoms with Gasteiger partial charge in [-0.05, 0) is 25.0 Å². The number of carbonyl (C=O) groups excluding carboxylic acids is 1. The summed E-state index contributed by atoms with van der Waals surface area (Å²) in [4.78, 5) is 15.1.